The Hall–Kier alpha value is -0.940. The number of aromatic nitrogens is 3. The summed E-state index contributed by atoms with van der Waals surface area (Å²) in [6.07, 6.45) is 2.93. The Morgan fingerprint density at radius 1 is 1.60 bits per heavy atom. The Balaban J connectivity index is 2.15. The highest BCUT2D eigenvalue weighted by atomic mass is 16.5. The van der Waals surface area contributed by atoms with Crippen LogP contribution in [0.25, 0.3) is 0 Å². The molecule has 1 heterocycles. The van der Waals surface area contributed by atoms with Crippen molar-refractivity contribution < 1.29 is 4.74 Å². The van der Waals surface area contributed by atoms with E-state index in [1.165, 1.54) is 0 Å². The van der Waals surface area contributed by atoms with Gasteiger partial charge in [0.25, 0.3) is 0 Å². The van der Waals surface area contributed by atoms with E-state index in [9.17, 15) is 0 Å². The van der Waals surface area contributed by atoms with Crippen molar-refractivity contribution >= 4 is 0 Å². The van der Waals surface area contributed by atoms with Gasteiger partial charge in [0.05, 0.1) is 12.3 Å². The third kappa shape index (κ3) is 4.90. The third-order valence-corrected chi connectivity index (χ3v) is 2.18. The van der Waals surface area contributed by atoms with E-state index in [1.54, 1.807) is 11.8 Å². The number of methoxy groups -OCH3 is 1. The van der Waals surface area contributed by atoms with E-state index in [0.29, 0.717) is 5.92 Å². The Labute approximate surface area is 90.8 Å². The Bertz CT molecular complexity index is 274. The molecule has 5 nitrogen and oxygen atoms in total. The van der Waals surface area contributed by atoms with Crippen molar-refractivity contribution in [3.05, 3.63) is 11.9 Å². The molecule has 0 fully saturated rings. The zero-order chi connectivity index (χ0) is 11.1. The van der Waals surface area contributed by atoms with Crippen molar-refractivity contribution in [1.29, 1.82) is 0 Å². The molecule has 1 N–H and O–H groups in total. The molecule has 0 saturated carbocycles. The predicted octanol–water partition coefficient (Wildman–Crippen LogP) is 0.230. The lowest BCUT2D eigenvalue weighted by atomic mass is 10.1. The van der Waals surface area contributed by atoms with Gasteiger partial charge in [-0.25, -0.2) is 0 Å². The van der Waals surface area contributed by atoms with E-state index >= 15 is 0 Å². The van der Waals surface area contributed by atoms with Crippen LogP contribution < -0.4 is 5.32 Å². The second-order valence-electron chi connectivity index (χ2n) is 3.89. The third-order valence-electron chi connectivity index (χ3n) is 2.18. The summed E-state index contributed by atoms with van der Waals surface area (Å²) in [4.78, 5) is 0. The van der Waals surface area contributed by atoms with Gasteiger partial charge in [0, 0.05) is 26.9 Å². The fourth-order valence-electron chi connectivity index (χ4n) is 1.44. The molecule has 0 bridgehead atoms. The van der Waals surface area contributed by atoms with Gasteiger partial charge < -0.3 is 10.1 Å². The Kier molecular flexibility index (Phi) is 5.28. The minimum absolute atomic E-state index is 0.568. The van der Waals surface area contributed by atoms with Crippen LogP contribution in [0.5, 0.6) is 0 Å². The van der Waals surface area contributed by atoms with E-state index < -0.39 is 0 Å². The lowest BCUT2D eigenvalue weighted by Crippen LogP contribution is -2.25. The second kappa shape index (κ2) is 6.53. The van der Waals surface area contributed by atoms with Crippen LogP contribution in [0.1, 0.15) is 12.6 Å². The second-order valence-corrected chi connectivity index (χ2v) is 3.89. The zero-order valence-electron chi connectivity index (χ0n) is 9.73. The minimum Gasteiger partial charge on any atom is -0.383 e. The van der Waals surface area contributed by atoms with E-state index in [1.807, 2.05) is 13.2 Å². The van der Waals surface area contributed by atoms with Crippen LogP contribution in [0.3, 0.4) is 0 Å². The van der Waals surface area contributed by atoms with E-state index in [2.05, 4.69) is 22.6 Å². The maximum absolute atomic E-state index is 4.96. The fraction of sp³-hybridized carbons (Fsp3) is 0.800. The van der Waals surface area contributed by atoms with Crippen LogP contribution in [0.4, 0.5) is 0 Å². The summed E-state index contributed by atoms with van der Waals surface area (Å²) >= 11 is 0. The first-order chi connectivity index (χ1) is 7.22. The molecule has 0 amide bonds. The quantitative estimate of drug-likeness (QED) is 0.657. The maximum atomic E-state index is 4.96. The smallest absolute Gasteiger partial charge is 0.0830 e. The standard InChI is InChI=1S/C10H20N4O/c1-9(7-11-4-5-15-3)6-10-8-14(2)13-12-10/h8-9,11H,4-7H2,1-3H3. The van der Waals surface area contributed by atoms with E-state index in [-0.39, 0.29) is 0 Å². The topological polar surface area (TPSA) is 52.0 Å². The van der Waals surface area contributed by atoms with Crippen molar-refractivity contribution in [1.82, 2.24) is 20.3 Å². The highest BCUT2D eigenvalue weighted by molar-refractivity contribution is 4.93. The minimum atomic E-state index is 0.568. The summed E-state index contributed by atoms with van der Waals surface area (Å²) in [7, 11) is 3.60. The van der Waals surface area contributed by atoms with Crippen LogP contribution >= 0.6 is 0 Å². The molecule has 0 saturated heterocycles. The molecule has 0 aromatic carbocycles. The predicted molar refractivity (Wildman–Crippen MR) is 58.6 cm³/mol. The molecule has 1 unspecified atom stereocenters. The highest BCUT2D eigenvalue weighted by Gasteiger charge is 2.05. The van der Waals surface area contributed by atoms with Gasteiger partial charge in [-0.2, -0.15) is 0 Å². The average molecular weight is 212 g/mol. The van der Waals surface area contributed by atoms with Crippen LogP contribution in [-0.4, -0.2) is 41.8 Å². The summed E-state index contributed by atoms with van der Waals surface area (Å²) in [5.74, 6) is 0.568. The summed E-state index contributed by atoms with van der Waals surface area (Å²) in [5, 5.41) is 11.3. The molecule has 1 atom stereocenters. The molecule has 0 aliphatic rings. The molecule has 86 valence electrons. The number of aryl methyl sites for hydroxylation is 1. The first-order valence-corrected chi connectivity index (χ1v) is 5.27. The van der Waals surface area contributed by atoms with E-state index in [0.717, 1.165) is 31.8 Å². The Morgan fingerprint density at radius 3 is 3.00 bits per heavy atom. The van der Waals surface area contributed by atoms with Gasteiger partial charge in [0.2, 0.25) is 0 Å². The van der Waals surface area contributed by atoms with Crippen molar-refractivity contribution in [2.75, 3.05) is 26.8 Å². The van der Waals surface area contributed by atoms with Crippen LogP contribution in [0.15, 0.2) is 6.20 Å². The normalized spacial score (nSPS) is 13.0. The molecule has 5 heteroatoms. The van der Waals surface area contributed by atoms with Crippen LogP contribution in [0.2, 0.25) is 0 Å². The number of hydrogen-bond acceptors (Lipinski definition) is 4. The molecule has 0 radical (unpaired) electrons. The molecule has 1 aromatic heterocycles. The van der Waals surface area contributed by atoms with Gasteiger partial charge in [-0.3, -0.25) is 4.68 Å². The van der Waals surface area contributed by atoms with Gasteiger partial charge in [0.15, 0.2) is 0 Å². The largest absolute Gasteiger partial charge is 0.383 e. The van der Waals surface area contributed by atoms with Crippen molar-refractivity contribution in [2.24, 2.45) is 13.0 Å². The zero-order valence-corrected chi connectivity index (χ0v) is 9.73. The molecule has 0 aliphatic heterocycles. The summed E-state index contributed by atoms with van der Waals surface area (Å²) in [6.45, 7) is 4.85. The Morgan fingerprint density at radius 2 is 2.40 bits per heavy atom. The lowest BCUT2D eigenvalue weighted by Gasteiger charge is -2.10. The number of hydrogen-bond donors (Lipinski definition) is 1. The van der Waals surface area contributed by atoms with Gasteiger partial charge in [-0.15, -0.1) is 5.10 Å². The molecular formula is C10H20N4O. The highest BCUT2D eigenvalue weighted by Crippen LogP contribution is 2.03. The van der Waals surface area contributed by atoms with Gasteiger partial charge in [-0.1, -0.05) is 12.1 Å². The molecule has 1 aromatic rings. The number of rotatable bonds is 7. The molecule has 1 rings (SSSR count). The van der Waals surface area contributed by atoms with Crippen LogP contribution in [0, 0.1) is 5.92 Å². The van der Waals surface area contributed by atoms with Crippen molar-refractivity contribution in [3.8, 4) is 0 Å². The summed E-state index contributed by atoms with van der Waals surface area (Å²) < 4.78 is 6.69. The number of nitrogens with zero attached hydrogens (tertiary/aromatic N) is 3. The van der Waals surface area contributed by atoms with Crippen LogP contribution in [-0.2, 0) is 18.2 Å². The van der Waals surface area contributed by atoms with Crippen molar-refractivity contribution in [3.63, 3.8) is 0 Å². The van der Waals surface area contributed by atoms with Gasteiger partial charge >= 0.3 is 0 Å². The molecule has 15 heavy (non-hydrogen) atoms. The SMILES string of the molecule is COCCNCC(C)Cc1cn(C)nn1. The first kappa shape index (κ1) is 12.1. The van der Waals surface area contributed by atoms with Crippen molar-refractivity contribution in [2.45, 2.75) is 13.3 Å². The molecular weight excluding hydrogens is 192 g/mol. The lowest BCUT2D eigenvalue weighted by molar-refractivity contribution is 0.198. The number of ether oxygens (including phenoxy) is 1. The fourth-order valence-corrected chi connectivity index (χ4v) is 1.44. The average Bonchev–Trinajstić information content (AvgIpc) is 2.59. The first-order valence-electron chi connectivity index (χ1n) is 5.27. The summed E-state index contributed by atoms with van der Waals surface area (Å²) in [6, 6.07) is 0. The molecule has 0 spiro atoms. The maximum Gasteiger partial charge on any atom is 0.0830 e. The van der Waals surface area contributed by atoms with Gasteiger partial charge in [0.1, 0.15) is 0 Å². The monoisotopic (exact) mass is 212 g/mol. The van der Waals surface area contributed by atoms with Gasteiger partial charge in [-0.05, 0) is 18.9 Å². The number of nitrogens with one attached hydrogen (secondary N) is 1. The molecule has 0 aliphatic carbocycles. The summed E-state index contributed by atoms with van der Waals surface area (Å²) in [5.41, 5.74) is 1.05. The van der Waals surface area contributed by atoms with E-state index in [4.69, 9.17) is 4.74 Å².